The third-order valence-corrected chi connectivity index (χ3v) is 6.47. The first kappa shape index (κ1) is 22.6. The molecule has 3 aromatic heterocycles. The molecule has 4 heterocycles. The summed E-state index contributed by atoms with van der Waals surface area (Å²) in [5.74, 6) is 0.495. The molecular formula is C23H23ClN6O3S. The molecule has 3 N–H and O–H groups in total. The summed E-state index contributed by atoms with van der Waals surface area (Å²) in [5.41, 5.74) is 4.30. The molecule has 1 aromatic carbocycles. The highest BCUT2D eigenvalue weighted by atomic mass is 35.5. The van der Waals surface area contributed by atoms with Gasteiger partial charge in [-0.05, 0) is 43.1 Å². The van der Waals surface area contributed by atoms with Crippen molar-refractivity contribution in [3.8, 4) is 28.3 Å². The molecule has 0 aliphatic carbocycles. The van der Waals surface area contributed by atoms with Gasteiger partial charge >= 0.3 is 0 Å². The average Bonchev–Trinajstić information content (AvgIpc) is 3.24. The minimum atomic E-state index is -3.49. The van der Waals surface area contributed by atoms with E-state index in [1.807, 2.05) is 24.4 Å². The van der Waals surface area contributed by atoms with E-state index in [0.717, 1.165) is 59.8 Å². The standard InChI is InChI=1S/C23H23ClN6O3S/c1-34(31,32)30-20-8-15(9-28-23(20)24)14-4-5-19-17(7-14)18(11-27-19)21-12-26-13-22(29-21)33-16-3-2-6-25-10-16/h4-5,7-9,11-13,16,25,27,30H,2-3,6,10H2,1H3/t16-/m1/s1. The first-order valence-electron chi connectivity index (χ1n) is 10.8. The fraction of sp³-hybridized carbons (Fsp3) is 0.261. The number of hydrogen-bond acceptors (Lipinski definition) is 7. The summed E-state index contributed by atoms with van der Waals surface area (Å²) >= 11 is 6.08. The molecule has 5 rings (SSSR count). The number of fused-ring (bicyclic) bond motifs is 1. The number of halogens is 1. The Kier molecular flexibility index (Phi) is 6.11. The van der Waals surface area contributed by atoms with Gasteiger partial charge in [-0.1, -0.05) is 17.7 Å². The molecule has 11 heteroatoms. The lowest BCUT2D eigenvalue weighted by Crippen LogP contribution is -2.37. The van der Waals surface area contributed by atoms with Gasteiger partial charge in [0.05, 0.1) is 30.0 Å². The highest BCUT2D eigenvalue weighted by Gasteiger charge is 2.17. The number of anilines is 1. The number of sulfonamides is 1. The second-order valence-electron chi connectivity index (χ2n) is 8.23. The minimum Gasteiger partial charge on any atom is -0.472 e. The molecule has 9 nitrogen and oxygen atoms in total. The topological polar surface area (TPSA) is 122 Å². The molecule has 1 saturated heterocycles. The highest BCUT2D eigenvalue weighted by Crippen LogP contribution is 2.33. The summed E-state index contributed by atoms with van der Waals surface area (Å²) in [6, 6.07) is 7.54. The maximum Gasteiger partial charge on any atom is 0.233 e. The Labute approximate surface area is 202 Å². The van der Waals surface area contributed by atoms with E-state index in [2.05, 4.69) is 30.0 Å². The fourth-order valence-corrected chi connectivity index (χ4v) is 4.78. The zero-order valence-corrected chi connectivity index (χ0v) is 19.9. The van der Waals surface area contributed by atoms with E-state index >= 15 is 0 Å². The number of hydrogen-bond donors (Lipinski definition) is 3. The predicted octanol–water partition coefficient (Wildman–Crippen LogP) is 3.84. The number of nitrogens with zero attached hydrogens (tertiary/aromatic N) is 3. The van der Waals surface area contributed by atoms with Crippen LogP contribution in [0, 0.1) is 0 Å². The maximum absolute atomic E-state index is 11.7. The SMILES string of the molecule is CS(=O)(=O)Nc1cc(-c2ccc3[nH]cc(-c4cncc(O[C@@H]5CCCNC5)n4)c3c2)cnc1Cl. The lowest BCUT2D eigenvalue weighted by molar-refractivity contribution is 0.160. The van der Waals surface area contributed by atoms with Crippen molar-refractivity contribution in [2.75, 3.05) is 24.1 Å². The molecule has 0 radical (unpaired) electrons. The van der Waals surface area contributed by atoms with Crippen LogP contribution in [-0.2, 0) is 10.0 Å². The van der Waals surface area contributed by atoms with E-state index in [0.29, 0.717) is 11.6 Å². The van der Waals surface area contributed by atoms with Crippen LogP contribution in [0.15, 0.2) is 49.1 Å². The van der Waals surface area contributed by atoms with Gasteiger partial charge in [0.1, 0.15) is 6.10 Å². The van der Waals surface area contributed by atoms with Crippen LogP contribution in [0.2, 0.25) is 5.15 Å². The van der Waals surface area contributed by atoms with Gasteiger partial charge in [-0.15, -0.1) is 0 Å². The molecule has 34 heavy (non-hydrogen) atoms. The molecular weight excluding hydrogens is 476 g/mol. The van der Waals surface area contributed by atoms with Crippen LogP contribution in [0.25, 0.3) is 33.3 Å². The predicted molar refractivity (Wildman–Crippen MR) is 133 cm³/mol. The monoisotopic (exact) mass is 498 g/mol. The Morgan fingerprint density at radius 3 is 2.85 bits per heavy atom. The van der Waals surface area contributed by atoms with Gasteiger partial charge in [0.15, 0.2) is 5.15 Å². The van der Waals surface area contributed by atoms with Crippen molar-refractivity contribution in [1.29, 1.82) is 0 Å². The summed E-state index contributed by atoms with van der Waals surface area (Å²) < 4.78 is 31.8. The molecule has 0 spiro atoms. The van der Waals surface area contributed by atoms with Crippen LogP contribution >= 0.6 is 11.6 Å². The van der Waals surface area contributed by atoms with E-state index in [9.17, 15) is 8.42 Å². The van der Waals surface area contributed by atoms with Gasteiger partial charge in [0, 0.05) is 41.0 Å². The van der Waals surface area contributed by atoms with Crippen molar-refractivity contribution in [3.05, 3.63) is 54.2 Å². The lowest BCUT2D eigenvalue weighted by Gasteiger charge is -2.23. The van der Waals surface area contributed by atoms with Crippen molar-refractivity contribution in [2.45, 2.75) is 18.9 Å². The number of piperidine rings is 1. The molecule has 1 atom stereocenters. The largest absolute Gasteiger partial charge is 0.472 e. The quantitative estimate of drug-likeness (QED) is 0.345. The van der Waals surface area contributed by atoms with E-state index in [-0.39, 0.29) is 16.9 Å². The lowest BCUT2D eigenvalue weighted by atomic mass is 10.0. The van der Waals surface area contributed by atoms with Gasteiger partial charge in [0.25, 0.3) is 0 Å². The van der Waals surface area contributed by atoms with Crippen molar-refractivity contribution < 1.29 is 13.2 Å². The second-order valence-corrected chi connectivity index (χ2v) is 10.3. The Morgan fingerprint density at radius 1 is 1.18 bits per heavy atom. The first-order chi connectivity index (χ1) is 16.4. The third-order valence-electron chi connectivity index (χ3n) is 5.58. The van der Waals surface area contributed by atoms with Crippen LogP contribution in [-0.4, -0.2) is 53.8 Å². The van der Waals surface area contributed by atoms with E-state index < -0.39 is 10.0 Å². The van der Waals surface area contributed by atoms with Crippen molar-refractivity contribution in [3.63, 3.8) is 0 Å². The van der Waals surface area contributed by atoms with Crippen LogP contribution in [0.5, 0.6) is 5.88 Å². The summed E-state index contributed by atoms with van der Waals surface area (Å²) in [4.78, 5) is 16.4. The van der Waals surface area contributed by atoms with Crippen LogP contribution in [0.1, 0.15) is 12.8 Å². The minimum absolute atomic E-state index is 0.0813. The van der Waals surface area contributed by atoms with Gasteiger partial charge in [-0.2, -0.15) is 0 Å². The number of benzene rings is 1. The van der Waals surface area contributed by atoms with E-state index in [4.69, 9.17) is 16.3 Å². The van der Waals surface area contributed by atoms with Crippen molar-refractivity contribution in [1.82, 2.24) is 25.3 Å². The average molecular weight is 499 g/mol. The molecule has 0 bridgehead atoms. The number of H-pyrrole nitrogens is 1. The number of pyridine rings is 1. The van der Waals surface area contributed by atoms with E-state index in [1.54, 1.807) is 24.7 Å². The molecule has 0 amide bonds. The summed E-state index contributed by atoms with van der Waals surface area (Å²) in [6.07, 6.45) is 10.0. The second kappa shape index (κ2) is 9.21. The highest BCUT2D eigenvalue weighted by molar-refractivity contribution is 7.92. The molecule has 1 aliphatic rings. The summed E-state index contributed by atoms with van der Waals surface area (Å²) in [5, 5.41) is 4.36. The zero-order valence-electron chi connectivity index (χ0n) is 18.4. The van der Waals surface area contributed by atoms with Crippen molar-refractivity contribution >= 4 is 38.2 Å². The number of aromatic nitrogens is 4. The summed E-state index contributed by atoms with van der Waals surface area (Å²) in [6.45, 7) is 1.81. The van der Waals surface area contributed by atoms with Crippen LogP contribution < -0.4 is 14.8 Å². The smallest absolute Gasteiger partial charge is 0.233 e. The molecule has 4 aromatic rings. The Morgan fingerprint density at radius 2 is 2.06 bits per heavy atom. The van der Waals surface area contributed by atoms with Gasteiger partial charge in [-0.25, -0.2) is 18.4 Å². The number of aromatic amines is 1. The number of rotatable bonds is 6. The van der Waals surface area contributed by atoms with Crippen molar-refractivity contribution in [2.24, 2.45) is 0 Å². The number of nitrogens with one attached hydrogen (secondary N) is 3. The van der Waals surface area contributed by atoms with E-state index in [1.165, 1.54) is 0 Å². The fourth-order valence-electron chi connectivity index (χ4n) is 4.02. The molecule has 1 aliphatic heterocycles. The Bertz CT molecular complexity index is 1450. The number of ether oxygens (including phenoxy) is 1. The Balaban J connectivity index is 1.49. The summed E-state index contributed by atoms with van der Waals surface area (Å²) in [7, 11) is -3.49. The van der Waals surface area contributed by atoms with Gasteiger partial charge < -0.3 is 15.0 Å². The van der Waals surface area contributed by atoms with Crippen LogP contribution in [0.4, 0.5) is 5.69 Å². The van der Waals surface area contributed by atoms with Crippen LogP contribution in [0.3, 0.4) is 0 Å². The maximum atomic E-state index is 11.7. The molecule has 0 saturated carbocycles. The third kappa shape index (κ3) is 4.98. The van der Waals surface area contributed by atoms with Gasteiger partial charge in [0.2, 0.25) is 15.9 Å². The molecule has 0 unspecified atom stereocenters. The van der Waals surface area contributed by atoms with Gasteiger partial charge in [-0.3, -0.25) is 9.71 Å². The zero-order chi connectivity index (χ0) is 23.7. The normalized spacial score (nSPS) is 16.5. The molecule has 176 valence electrons. The first-order valence-corrected chi connectivity index (χ1v) is 13.1. The molecule has 1 fully saturated rings. The Hall–Kier alpha value is -3.21.